The van der Waals surface area contributed by atoms with Gasteiger partial charge in [-0.1, -0.05) is 6.07 Å². The molecule has 3 amide bonds. The molecule has 0 spiro atoms. The van der Waals surface area contributed by atoms with Crippen molar-refractivity contribution in [3.8, 4) is 0 Å². The van der Waals surface area contributed by atoms with Crippen molar-refractivity contribution < 1.29 is 9.59 Å². The smallest absolute Gasteiger partial charge is 0.320 e. The number of fused-ring (bicyclic) bond motifs is 1. The van der Waals surface area contributed by atoms with E-state index >= 15 is 0 Å². The van der Waals surface area contributed by atoms with Crippen LogP contribution < -0.4 is 16.4 Å². The molecule has 0 bridgehead atoms. The molecular weight excluding hydrogens is 300 g/mol. The topological polar surface area (TPSA) is 97.1 Å². The van der Waals surface area contributed by atoms with Gasteiger partial charge in [0.1, 0.15) is 5.00 Å². The zero-order valence-electron chi connectivity index (χ0n) is 11.9. The number of aryl methyl sites for hydroxylation is 1. The minimum absolute atomic E-state index is 0.323. The third kappa shape index (κ3) is 2.94. The number of amides is 3. The molecule has 2 heterocycles. The van der Waals surface area contributed by atoms with Gasteiger partial charge in [-0.15, -0.1) is 11.3 Å². The highest BCUT2D eigenvalue weighted by Gasteiger charge is 2.25. The first kappa shape index (κ1) is 14.5. The van der Waals surface area contributed by atoms with E-state index in [0.29, 0.717) is 17.1 Å². The fourth-order valence-corrected chi connectivity index (χ4v) is 3.86. The molecular formula is C15H16N4O2S. The van der Waals surface area contributed by atoms with Gasteiger partial charge >= 0.3 is 6.03 Å². The molecule has 1 aliphatic carbocycles. The van der Waals surface area contributed by atoms with Crippen molar-refractivity contribution in [2.75, 3.05) is 5.32 Å². The third-order valence-corrected chi connectivity index (χ3v) is 4.76. The van der Waals surface area contributed by atoms with Crippen LogP contribution in [-0.4, -0.2) is 16.9 Å². The summed E-state index contributed by atoms with van der Waals surface area (Å²) in [6, 6.07) is 5.13. The Balaban J connectivity index is 1.68. The number of nitrogens with zero attached hydrogens (tertiary/aromatic N) is 1. The predicted octanol–water partition coefficient (Wildman–Crippen LogP) is 2.05. The number of pyridine rings is 1. The van der Waals surface area contributed by atoms with E-state index in [1.54, 1.807) is 6.20 Å². The van der Waals surface area contributed by atoms with Gasteiger partial charge in [0.2, 0.25) is 0 Å². The molecule has 0 fully saturated rings. The minimum Gasteiger partial charge on any atom is -0.365 e. The normalized spacial score (nSPS) is 12.7. The van der Waals surface area contributed by atoms with Crippen LogP contribution in [0.15, 0.2) is 24.4 Å². The summed E-state index contributed by atoms with van der Waals surface area (Å²) in [6.07, 6.45) is 4.50. The van der Waals surface area contributed by atoms with Crippen molar-refractivity contribution in [3.05, 3.63) is 46.1 Å². The molecule has 0 saturated heterocycles. The molecule has 0 unspecified atom stereocenters. The first-order chi connectivity index (χ1) is 10.6. The summed E-state index contributed by atoms with van der Waals surface area (Å²) in [7, 11) is 0. The molecule has 2 aromatic rings. The van der Waals surface area contributed by atoms with Gasteiger partial charge in [0.15, 0.2) is 0 Å². The van der Waals surface area contributed by atoms with Crippen LogP contribution >= 0.6 is 11.3 Å². The maximum absolute atomic E-state index is 12.0. The highest BCUT2D eigenvalue weighted by atomic mass is 32.1. The molecule has 1 aliphatic rings. The van der Waals surface area contributed by atoms with E-state index in [1.807, 2.05) is 18.2 Å². The van der Waals surface area contributed by atoms with Gasteiger partial charge in [-0.2, -0.15) is 0 Å². The number of urea groups is 1. The second kappa shape index (κ2) is 6.15. The fourth-order valence-electron chi connectivity index (χ4n) is 2.57. The number of rotatable bonds is 4. The van der Waals surface area contributed by atoms with Crippen LogP contribution in [0, 0.1) is 0 Å². The Kier molecular flexibility index (Phi) is 4.06. The molecule has 7 heteroatoms. The van der Waals surface area contributed by atoms with E-state index < -0.39 is 5.91 Å². The van der Waals surface area contributed by atoms with E-state index in [4.69, 9.17) is 5.73 Å². The van der Waals surface area contributed by atoms with Crippen LogP contribution in [0.3, 0.4) is 0 Å². The van der Waals surface area contributed by atoms with E-state index in [-0.39, 0.29) is 6.03 Å². The lowest BCUT2D eigenvalue weighted by Gasteiger charge is -2.07. The number of nitrogens with one attached hydrogen (secondary N) is 2. The Morgan fingerprint density at radius 1 is 1.32 bits per heavy atom. The van der Waals surface area contributed by atoms with Gasteiger partial charge in [0, 0.05) is 11.1 Å². The van der Waals surface area contributed by atoms with E-state index in [0.717, 1.165) is 35.4 Å². The second-order valence-electron chi connectivity index (χ2n) is 5.05. The number of hydrogen-bond donors (Lipinski definition) is 3. The molecule has 0 atom stereocenters. The SMILES string of the molecule is NC(=O)c1c(NC(=O)NCc2ccccn2)sc2c1CCC2. The van der Waals surface area contributed by atoms with Crippen LogP contribution in [0.5, 0.6) is 0 Å². The van der Waals surface area contributed by atoms with Crippen LogP contribution in [0.1, 0.15) is 32.9 Å². The van der Waals surface area contributed by atoms with Crippen molar-refractivity contribution in [2.45, 2.75) is 25.8 Å². The van der Waals surface area contributed by atoms with Gasteiger partial charge in [-0.3, -0.25) is 15.1 Å². The third-order valence-electron chi connectivity index (χ3n) is 3.55. The number of carbonyl (C=O) groups is 2. The van der Waals surface area contributed by atoms with E-state index in [1.165, 1.54) is 11.3 Å². The number of aromatic nitrogens is 1. The van der Waals surface area contributed by atoms with Crippen molar-refractivity contribution in [1.82, 2.24) is 10.3 Å². The first-order valence-corrected chi connectivity index (χ1v) is 7.86. The van der Waals surface area contributed by atoms with Crippen LogP contribution in [0.25, 0.3) is 0 Å². The van der Waals surface area contributed by atoms with Crippen molar-refractivity contribution in [2.24, 2.45) is 5.73 Å². The maximum Gasteiger partial charge on any atom is 0.320 e. The lowest BCUT2D eigenvalue weighted by atomic mass is 10.1. The zero-order valence-corrected chi connectivity index (χ0v) is 12.7. The highest BCUT2D eigenvalue weighted by Crippen LogP contribution is 2.38. The predicted molar refractivity (Wildman–Crippen MR) is 85.0 cm³/mol. The maximum atomic E-state index is 12.0. The summed E-state index contributed by atoms with van der Waals surface area (Å²) in [6.45, 7) is 0.323. The Labute approximate surface area is 131 Å². The lowest BCUT2D eigenvalue weighted by molar-refractivity contribution is 0.100. The molecule has 3 rings (SSSR count). The van der Waals surface area contributed by atoms with Crippen LogP contribution in [0.2, 0.25) is 0 Å². The molecule has 0 radical (unpaired) electrons. The first-order valence-electron chi connectivity index (χ1n) is 7.04. The molecule has 6 nitrogen and oxygen atoms in total. The largest absolute Gasteiger partial charge is 0.365 e. The Bertz CT molecular complexity index is 712. The number of carbonyl (C=O) groups excluding carboxylic acids is 2. The zero-order chi connectivity index (χ0) is 15.5. The van der Waals surface area contributed by atoms with Gasteiger partial charge in [-0.05, 0) is 37.0 Å². The highest BCUT2D eigenvalue weighted by molar-refractivity contribution is 7.17. The number of hydrogen-bond acceptors (Lipinski definition) is 4. The average molecular weight is 316 g/mol. The number of primary amides is 1. The standard InChI is InChI=1S/C15H16N4O2S/c16-13(20)12-10-5-3-6-11(10)22-14(12)19-15(21)18-8-9-4-1-2-7-17-9/h1-2,4,7H,3,5-6,8H2,(H2,16,20)(H2,18,19,21). The van der Waals surface area contributed by atoms with Gasteiger partial charge in [-0.25, -0.2) is 4.79 Å². The van der Waals surface area contributed by atoms with Crippen LogP contribution in [0.4, 0.5) is 9.80 Å². The Hall–Kier alpha value is -2.41. The van der Waals surface area contributed by atoms with Crippen molar-refractivity contribution in [3.63, 3.8) is 0 Å². The van der Waals surface area contributed by atoms with Gasteiger partial charge in [0.25, 0.3) is 5.91 Å². The number of anilines is 1. The average Bonchev–Trinajstić information content (AvgIpc) is 3.06. The Morgan fingerprint density at radius 2 is 2.18 bits per heavy atom. The summed E-state index contributed by atoms with van der Waals surface area (Å²) < 4.78 is 0. The van der Waals surface area contributed by atoms with Crippen LogP contribution in [-0.2, 0) is 19.4 Å². The summed E-state index contributed by atoms with van der Waals surface area (Å²) in [5.74, 6) is -0.487. The quantitative estimate of drug-likeness (QED) is 0.805. The second-order valence-corrected chi connectivity index (χ2v) is 6.16. The van der Waals surface area contributed by atoms with Crippen molar-refractivity contribution >= 4 is 28.3 Å². The molecule has 0 aliphatic heterocycles. The summed E-state index contributed by atoms with van der Waals surface area (Å²) in [5, 5.41) is 5.99. The summed E-state index contributed by atoms with van der Waals surface area (Å²) in [5.41, 5.74) is 7.69. The molecule has 2 aromatic heterocycles. The van der Waals surface area contributed by atoms with Crippen molar-refractivity contribution in [1.29, 1.82) is 0 Å². The van der Waals surface area contributed by atoms with Gasteiger partial charge in [0.05, 0.1) is 17.8 Å². The molecule has 0 aromatic carbocycles. The number of thiophene rings is 1. The fraction of sp³-hybridized carbons (Fsp3) is 0.267. The summed E-state index contributed by atoms with van der Waals surface area (Å²) >= 11 is 1.44. The summed E-state index contributed by atoms with van der Waals surface area (Å²) in [4.78, 5) is 28.9. The Morgan fingerprint density at radius 3 is 2.91 bits per heavy atom. The van der Waals surface area contributed by atoms with Gasteiger partial charge < -0.3 is 11.1 Å². The van der Waals surface area contributed by atoms with E-state index in [2.05, 4.69) is 15.6 Å². The monoisotopic (exact) mass is 316 g/mol. The molecule has 4 N–H and O–H groups in total. The number of nitrogens with two attached hydrogens (primary N) is 1. The lowest BCUT2D eigenvalue weighted by Crippen LogP contribution is -2.29. The molecule has 0 saturated carbocycles. The minimum atomic E-state index is -0.487. The molecule has 114 valence electrons. The molecule has 22 heavy (non-hydrogen) atoms. The van der Waals surface area contributed by atoms with E-state index in [9.17, 15) is 9.59 Å².